The van der Waals surface area contributed by atoms with Crippen molar-refractivity contribution in [3.05, 3.63) is 65.0 Å². The summed E-state index contributed by atoms with van der Waals surface area (Å²) < 4.78 is 6.06. The minimum absolute atomic E-state index is 0.0891. The van der Waals surface area contributed by atoms with Gasteiger partial charge in [0.15, 0.2) is 5.96 Å². The highest BCUT2D eigenvalue weighted by atomic mass is 16.5. The van der Waals surface area contributed by atoms with Gasteiger partial charge in [0, 0.05) is 32.0 Å². The van der Waals surface area contributed by atoms with Gasteiger partial charge in [0.1, 0.15) is 6.10 Å². The van der Waals surface area contributed by atoms with Crippen LogP contribution in [0.15, 0.2) is 47.7 Å². The molecule has 0 aliphatic carbocycles. The summed E-state index contributed by atoms with van der Waals surface area (Å²) in [6.45, 7) is 10.4. The van der Waals surface area contributed by atoms with Gasteiger partial charge < -0.3 is 15.0 Å². The normalized spacial score (nSPS) is 17.8. The molecule has 0 saturated carbocycles. The van der Waals surface area contributed by atoms with Crippen molar-refractivity contribution in [1.29, 1.82) is 0 Å². The quantitative estimate of drug-likeness (QED) is 0.652. The molecule has 1 fully saturated rings. The van der Waals surface area contributed by atoms with E-state index < -0.39 is 0 Å². The first-order valence-electron chi connectivity index (χ1n) is 9.79. The number of hydrogen-bond donors (Lipinski definition) is 1. The van der Waals surface area contributed by atoms with Crippen molar-refractivity contribution >= 4 is 5.96 Å². The van der Waals surface area contributed by atoms with Gasteiger partial charge in [-0.05, 0) is 55.5 Å². The van der Waals surface area contributed by atoms with Crippen LogP contribution in [-0.4, -0.2) is 48.6 Å². The Morgan fingerprint density at radius 2 is 2.11 bits per heavy atom. The zero-order chi connectivity index (χ0) is 19.1. The van der Waals surface area contributed by atoms with Gasteiger partial charge in [-0.2, -0.15) is 0 Å². The lowest BCUT2D eigenvalue weighted by atomic mass is 10.0. The number of ether oxygens (including phenoxy) is 1. The fourth-order valence-electron chi connectivity index (χ4n) is 3.47. The third-order valence-electron chi connectivity index (χ3n) is 5.02. The Bertz CT molecular complexity index is 774. The Labute approximate surface area is 162 Å². The van der Waals surface area contributed by atoms with Gasteiger partial charge in [-0.15, -0.1) is 0 Å². The second-order valence-corrected chi connectivity index (χ2v) is 6.95. The number of nitrogens with one attached hydrogen (secondary N) is 1. The van der Waals surface area contributed by atoms with Crippen molar-refractivity contribution in [2.45, 2.75) is 33.3 Å². The van der Waals surface area contributed by atoms with Crippen molar-refractivity contribution in [1.82, 2.24) is 15.2 Å². The fraction of sp³-hybridized carbons (Fsp3) is 0.455. The Morgan fingerprint density at radius 3 is 2.89 bits per heavy atom. The molecule has 1 aliphatic rings. The number of hydrogen-bond acceptors (Lipinski definition) is 3. The van der Waals surface area contributed by atoms with Crippen LogP contribution in [0.1, 0.15) is 35.3 Å². The molecule has 1 saturated heterocycles. The van der Waals surface area contributed by atoms with Crippen LogP contribution in [0.4, 0.5) is 0 Å². The average molecular weight is 367 g/mol. The molecule has 0 radical (unpaired) electrons. The number of morpholine rings is 1. The molecular weight excluding hydrogens is 336 g/mol. The first kappa shape index (κ1) is 19.4. The highest BCUT2D eigenvalue weighted by Crippen LogP contribution is 2.25. The van der Waals surface area contributed by atoms with Gasteiger partial charge in [0.05, 0.1) is 13.2 Å². The van der Waals surface area contributed by atoms with Crippen molar-refractivity contribution in [2.24, 2.45) is 4.99 Å². The van der Waals surface area contributed by atoms with E-state index in [2.05, 4.69) is 66.3 Å². The van der Waals surface area contributed by atoms with Crippen LogP contribution >= 0.6 is 0 Å². The number of pyridine rings is 1. The molecule has 1 aromatic carbocycles. The number of nitrogens with zero attached hydrogens (tertiary/aromatic N) is 3. The Balaban J connectivity index is 1.68. The zero-order valence-electron chi connectivity index (χ0n) is 16.6. The van der Waals surface area contributed by atoms with Gasteiger partial charge in [-0.25, -0.2) is 0 Å². The smallest absolute Gasteiger partial charge is 0.194 e. The molecule has 1 N–H and O–H groups in total. The van der Waals surface area contributed by atoms with E-state index in [0.717, 1.165) is 38.6 Å². The summed E-state index contributed by atoms with van der Waals surface area (Å²) in [6.07, 6.45) is 4.78. The maximum Gasteiger partial charge on any atom is 0.194 e. The number of rotatable bonds is 5. The summed E-state index contributed by atoms with van der Waals surface area (Å²) in [4.78, 5) is 11.4. The lowest BCUT2D eigenvalue weighted by Crippen LogP contribution is -2.48. The molecule has 2 heterocycles. The van der Waals surface area contributed by atoms with E-state index in [4.69, 9.17) is 9.73 Å². The minimum Gasteiger partial charge on any atom is -0.370 e. The molecule has 27 heavy (non-hydrogen) atoms. The number of aryl methyl sites for hydroxylation is 2. The van der Waals surface area contributed by atoms with Gasteiger partial charge in [-0.1, -0.05) is 24.3 Å². The lowest BCUT2D eigenvalue weighted by Gasteiger charge is -2.35. The van der Waals surface area contributed by atoms with E-state index in [0.29, 0.717) is 6.61 Å². The average Bonchev–Trinajstić information content (AvgIpc) is 2.69. The molecule has 0 spiro atoms. The van der Waals surface area contributed by atoms with E-state index in [-0.39, 0.29) is 6.10 Å². The SMILES string of the molecule is CCNC(=NCCc1ccncc1C)N1CCOC(c2ccccc2C)C1. The van der Waals surface area contributed by atoms with Crippen LogP contribution in [0.3, 0.4) is 0 Å². The number of guanidine groups is 1. The predicted molar refractivity (Wildman–Crippen MR) is 110 cm³/mol. The lowest BCUT2D eigenvalue weighted by molar-refractivity contribution is -0.00832. The highest BCUT2D eigenvalue weighted by molar-refractivity contribution is 5.80. The number of aromatic nitrogens is 1. The monoisotopic (exact) mass is 366 g/mol. The van der Waals surface area contributed by atoms with E-state index in [1.165, 1.54) is 22.3 Å². The molecule has 1 aliphatic heterocycles. The van der Waals surface area contributed by atoms with E-state index in [9.17, 15) is 0 Å². The van der Waals surface area contributed by atoms with Crippen LogP contribution in [0, 0.1) is 13.8 Å². The van der Waals surface area contributed by atoms with Crippen LogP contribution in [0.5, 0.6) is 0 Å². The Morgan fingerprint density at radius 1 is 1.26 bits per heavy atom. The summed E-state index contributed by atoms with van der Waals surface area (Å²) in [5.74, 6) is 0.978. The number of aliphatic imine (C=N–C) groups is 1. The number of benzene rings is 1. The first-order chi connectivity index (χ1) is 13.2. The standard InChI is InChI=1S/C22H30N4O/c1-4-24-22(25-12-10-19-9-11-23-15-18(19)3)26-13-14-27-21(16-26)20-8-6-5-7-17(20)2/h5-9,11,15,21H,4,10,12-14,16H2,1-3H3,(H,24,25). The summed E-state index contributed by atoms with van der Waals surface area (Å²) in [6, 6.07) is 10.6. The molecule has 0 amide bonds. The van der Waals surface area contributed by atoms with Crippen LogP contribution in [0.25, 0.3) is 0 Å². The molecular formula is C22H30N4O. The van der Waals surface area contributed by atoms with Gasteiger partial charge in [-0.3, -0.25) is 9.98 Å². The summed E-state index contributed by atoms with van der Waals surface area (Å²) >= 11 is 0. The molecule has 5 heteroatoms. The maximum atomic E-state index is 6.06. The van der Waals surface area contributed by atoms with E-state index >= 15 is 0 Å². The molecule has 1 unspecified atom stereocenters. The third-order valence-corrected chi connectivity index (χ3v) is 5.02. The molecule has 1 atom stereocenters. The maximum absolute atomic E-state index is 6.06. The van der Waals surface area contributed by atoms with Crippen LogP contribution < -0.4 is 5.32 Å². The summed E-state index contributed by atoms with van der Waals surface area (Å²) in [5, 5.41) is 3.45. The minimum atomic E-state index is 0.0891. The largest absolute Gasteiger partial charge is 0.370 e. The Hall–Kier alpha value is -2.40. The topological polar surface area (TPSA) is 49.8 Å². The van der Waals surface area contributed by atoms with Crippen molar-refractivity contribution in [3.8, 4) is 0 Å². The van der Waals surface area contributed by atoms with Crippen molar-refractivity contribution in [2.75, 3.05) is 32.8 Å². The Kier molecular flexibility index (Phi) is 6.82. The zero-order valence-corrected chi connectivity index (χ0v) is 16.6. The molecule has 5 nitrogen and oxygen atoms in total. The summed E-state index contributed by atoms with van der Waals surface area (Å²) in [7, 11) is 0. The molecule has 3 rings (SSSR count). The fourth-order valence-corrected chi connectivity index (χ4v) is 3.47. The molecule has 144 valence electrons. The van der Waals surface area contributed by atoms with Crippen LogP contribution in [-0.2, 0) is 11.2 Å². The van der Waals surface area contributed by atoms with Gasteiger partial charge in [0.25, 0.3) is 0 Å². The van der Waals surface area contributed by atoms with Gasteiger partial charge >= 0.3 is 0 Å². The van der Waals surface area contributed by atoms with E-state index in [1.54, 1.807) is 0 Å². The molecule has 1 aromatic heterocycles. The second-order valence-electron chi connectivity index (χ2n) is 6.95. The van der Waals surface area contributed by atoms with Crippen molar-refractivity contribution < 1.29 is 4.74 Å². The summed E-state index contributed by atoms with van der Waals surface area (Å²) in [5.41, 5.74) is 5.08. The third kappa shape index (κ3) is 5.07. The van der Waals surface area contributed by atoms with Crippen molar-refractivity contribution in [3.63, 3.8) is 0 Å². The van der Waals surface area contributed by atoms with Crippen LogP contribution in [0.2, 0.25) is 0 Å². The van der Waals surface area contributed by atoms with Gasteiger partial charge in [0.2, 0.25) is 0 Å². The molecule has 0 bridgehead atoms. The van der Waals surface area contributed by atoms with E-state index in [1.807, 2.05) is 12.4 Å². The second kappa shape index (κ2) is 9.51. The predicted octanol–water partition coefficient (Wildman–Crippen LogP) is 3.28. The molecule has 2 aromatic rings. The highest BCUT2D eigenvalue weighted by Gasteiger charge is 2.25. The first-order valence-corrected chi connectivity index (χ1v) is 9.79.